The average Bonchev–Trinajstić information content (AvgIpc) is 0.751. The fourth-order valence-corrected chi connectivity index (χ4v) is 16.1. The molecule has 0 amide bonds. The van der Waals surface area contributed by atoms with Gasteiger partial charge in [0.15, 0.2) is 23.3 Å². The minimum Gasteiger partial charge on any atom is -0.256 e. The first-order valence-electron chi connectivity index (χ1n) is 40.0. The summed E-state index contributed by atoms with van der Waals surface area (Å²) in [6.45, 7) is 0. The number of nitrogens with zero attached hydrogens (tertiary/aromatic N) is 11. The Hall–Kier alpha value is -16.4. The van der Waals surface area contributed by atoms with Gasteiger partial charge in [0, 0.05) is 111 Å². The molecular formula is C109H69N11. The first kappa shape index (κ1) is 71.4. The van der Waals surface area contributed by atoms with E-state index in [9.17, 15) is 0 Å². The van der Waals surface area contributed by atoms with E-state index in [1.54, 1.807) is 0 Å². The van der Waals surface area contributed by atoms with Gasteiger partial charge in [-0.1, -0.05) is 346 Å². The van der Waals surface area contributed by atoms with Crippen LogP contribution in [0, 0.1) is 0 Å². The highest BCUT2D eigenvalue weighted by atomic mass is 15.0. The van der Waals surface area contributed by atoms with E-state index < -0.39 is 0 Å². The fourth-order valence-electron chi connectivity index (χ4n) is 16.1. The summed E-state index contributed by atoms with van der Waals surface area (Å²) in [5.41, 5.74) is 29.1. The quantitative estimate of drug-likeness (QED) is 0.0960. The molecule has 11 nitrogen and oxygen atoms in total. The highest BCUT2D eigenvalue weighted by Gasteiger charge is 2.22. The molecule has 8 aromatic heterocycles. The van der Waals surface area contributed by atoms with Crippen molar-refractivity contribution in [2.75, 3.05) is 0 Å². The third-order valence-corrected chi connectivity index (χ3v) is 22.1. The van der Waals surface area contributed by atoms with E-state index in [2.05, 4.69) is 285 Å². The molecule has 0 atom stereocenters. The van der Waals surface area contributed by atoms with Crippen LogP contribution in [-0.4, -0.2) is 54.8 Å². The Bertz CT molecular complexity index is 7620. The predicted molar refractivity (Wildman–Crippen MR) is 490 cm³/mol. The minimum atomic E-state index is 0.593. The van der Waals surface area contributed by atoms with Gasteiger partial charge < -0.3 is 0 Å². The molecule has 22 rings (SSSR count). The van der Waals surface area contributed by atoms with E-state index in [0.717, 1.165) is 200 Å². The van der Waals surface area contributed by atoms with E-state index in [-0.39, 0.29) is 0 Å². The maximum Gasteiger partial charge on any atom is 0.164 e. The number of benzene rings is 14. The summed E-state index contributed by atoms with van der Waals surface area (Å²) in [6, 6.07) is 140. The third-order valence-electron chi connectivity index (χ3n) is 22.1. The Kier molecular flexibility index (Phi) is 18.7. The molecule has 0 unspecified atom stereocenters. The normalized spacial score (nSPS) is 11.3. The van der Waals surface area contributed by atoms with Crippen LogP contribution < -0.4 is 0 Å². The molecule has 0 radical (unpaired) electrons. The van der Waals surface area contributed by atoms with Gasteiger partial charge in [0.2, 0.25) is 0 Å². The molecule has 14 aromatic carbocycles. The van der Waals surface area contributed by atoms with Gasteiger partial charge in [-0.05, 0) is 94.0 Å². The molecule has 0 fully saturated rings. The molecule has 0 aliphatic rings. The molecule has 22 aromatic rings. The van der Waals surface area contributed by atoms with Crippen molar-refractivity contribution in [2.24, 2.45) is 0 Å². The van der Waals surface area contributed by atoms with Crippen LogP contribution in [-0.2, 0) is 0 Å². The van der Waals surface area contributed by atoms with Crippen LogP contribution in [0.25, 0.3) is 223 Å². The van der Waals surface area contributed by atoms with E-state index in [1.165, 1.54) is 0 Å². The summed E-state index contributed by atoms with van der Waals surface area (Å²) < 4.78 is 0. The van der Waals surface area contributed by atoms with Crippen LogP contribution in [0.5, 0.6) is 0 Å². The van der Waals surface area contributed by atoms with Crippen molar-refractivity contribution in [3.05, 3.63) is 419 Å². The number of pyridine rings is 6. The van der Waals surface area contributed by atoms with Gasteiger partial charge in [-0.15, -0.1) is 0 Å². The summed E-state index contributed by atoms with van der Waals surface area (Å²) in [5.74, 6) is 2.47. The molecule has 0 aliphatic carbocycles. The monoisotopic (exact) mass is 1530 g/mol. The highest BCUT2D eigenvalue weighted by molar-refractivity contribution is 6.12. The lowest BCUT2D eigenvalue weighted by Gasteiger charge is -2.14. The Morgan fingerprint density at radius 3 is 0.867 bits per heavy atom. The van der Waals surface area contributed by atoms with E-state index in [0.29, 0.717) is 23.3 Å². The largest absolute Gasteiger partial charge is 0.256 e. The molecule has 120 heavy (non-hydrogen) atoms. The van der Waals surface area contributed by atoms with Crippen LogP contribution in [0.4, 0.5) is 0 Å². The first-order valence-corrected chi connectivity index (χ1v) is 40.0. The standard InChI is InChI=1S/C55H35N5.C54H34N6/c1-4-14-36(15-5-1)48-30-28-39-27-29-46-47(34-49(37-16-6-2-7-17-37)58-54(46)53(39)57-48)42-22-11-24-44(33-42)51-35-50(59-55(60-51)40-18-8-3-9-19-40)43-23-10-21-41(32-43)45-26-12-20-38-25-13-31-56-52(38)45;1-4-13-36(14-5-1)47-31-29-39-28-30-45-46(34-48(37-15-6-2-7-16-37)57-51(45)50(39)56-47)35-24-26-41(27-25-35)53-58-52(40-17-8-3-9-18-40)59-54(60-53)43-21-10-20-42(33-43)44-23-11-19-38-22-12-32-55-49(38)44/h1-35H;1-34H. The summed E-state index contributed by atoms with van der Waals surface area (Å²) in [7, 11) is 0. The smallest absolute Gasteiger partial charge is 0.164 e. The summed E-state index contributed by atoms with van der Waals surface area (Å²) >= 11 is 0. The van der Waals surface area contributed by atoms with Crippen molar-refractivity contribution in [3.8, 4) is 158 Å². The SMILES string of the molecule is c1ccc(-c2ccc3ccc4c(-c5ccc(-c6nc(-c7ccccc7)nc(-c7cccc(-c8cccc9cccnc89)c7)n6)cc5)cc(-c5ccccc5)nc4c3n2)cc1.c1ccc(-c2ccc3ccc4c(-c5cccc(-c6cc(-c7cccc(-c8cccc9cccnc89)c7)nc(-c7ccccc7)n6)c5)cc(-c5ccccc5)nc4c3n2)cc1. The molecule has 0 N–H and O–H groups in total. The zero-order valence-electron chi connectivity index (χ0n) is 64.8. The Labute approximate surface area is 692 Å². The van der Waals surface area contributed by atoms with Crippen LogP contribution in [0.15, 0.2) is 419 Å². The number of hydrogen-bond donors (Lipinski definition) is 0. The maximum absolute atomic E-state index is 5.32. The second kappa shape index (κ2) is 31.4. The lowest BCUT2D eigenvalue weighted by atomic mass is 9.95. The lowest BCUT2D eigenvalue weighted by molar-refractivity contribution is 1.07. The van der Waals surface area contributed by atoms with E-state index in [4.69, 9.17) is 54.8 Å². The number of aromatic nitrogens is 11. The topological polar surface area (TPSA) is 142 Å². The molecule has 0 spiro atoms. The summed E-state index contributed by atoms with van der Waals surface area (Å²) in [6.07, 6.45) is 3.69. The van der Waals surface area contributed by atoms with Gasteiger partial charge in [-0.3, -0.25) is 9.97 Å². The minimum absolute atomic E-state index is 0.593. The van der Waals surface area contributed by atoms with Crippen molar-refractivity contribution in [1.29, 1.82) is 0 Å². The van der Waals surface area contributed by atoms with E-state index in [1.807, 2.05) is 134 Å². The Balaban J connectivity index is 0.000000148. The Morgan fingerprint density at radius 1 is 0.133 bits per heavy atom. The third kappa shape index (κ3) is 14.2. The molecule has 11 heteroatoms. The van der Waals surface area contributed by atoms with Gasteiger partial charge in [0.05, 0.1) is 67.3 Å². The Morgan fingerprint density at radius 2 is 0.425 bits per heavy atom. The van der Waals surface area contributed by atoms with Crippen LogP contribution in [0.2, 0.25) is 0 Å². The molecule has 8 heterocycles. The molecule has 0 saturated carbocycles. The first-order chi connectivity index (χ1) is 59.4. The molecule has 0 bridgehead atoms. The van der Waals surface area contributed by atoms with Gasteiger partial charge in [-0.25, -0.2) is 44.9 Å². The number of fused-ring (bicyclic) bond motifs is 8. The van der Waals surface area contributed by atoms with Gasteiger partial charge in [0.25, 0.3) is 0 Å². The van der Waals surface area contributed by atoms with Crippen LogP contribution in [0.1, 0.15) is 0 Å². The fraction of sp³-hybridized carbons (Fsp3) is 0. The number of rotatable bonds is 14. The van der Waals surface area contributed by atoms with Gasteiger partial charge >= 0.3 is 0 Å². The molecule has 560 valence electrons. The zero-order chi connectivity index (χ0) is 79.7. The van der Waals surface area contributed by atoms with Crippen molar-refractivity contribution in [1.82, 2.24) is 54.8 Å². The van der Waals surface area contributed by atoms with Crippen LogP contribution in [0.3, 0.4) is 0 Å². The maximum atomic E-state index is 5.32. The average molecular weight is 1530 g/mol. The predicted octanol–water partition coefficient (Wildman–Crippen LogP) is 27.0. The molecule has 0 aliphatic heterocycles. The second-order valence-electron chi connectivity index (χ2n) is 29.6. The highest BCUT2D eigenvalue weighted by Crippen LogP contribution is 2.42. The van der Waals surface area contributed by atoms with E-state index >= 15 is 0 Å². The van der Waals surface area contributed by atoms with Crippen molar-refractivity contribution < 1.29 is 0 Å². The van der Waals surface area contributed by atoms with Gasteiger partial charge in [0.1, 0.15) is 0 Å². The summed E-state index contributed by atoms with van der Waals surface area (Å²) in [5, 5.41) is 6.35. The van der Waals surface area contributed by atoms with Crippen molar-refractivity contribution in [2.45, 2.75) is 0 Å². The molecular weight excluding hydrogens is 1460 g/mol. The lowest BCUT2D eigenvalue weighted by Crippen LogP contribution is -2.00. The number of para-hydroxylation sites is 2. The second-order valence-corrected chi connectivity index (χ2v) is 29.6. The van der Waals surface area contributed by atoms with Crippen molar-refractivity contribution >= 4 is 65.4 Å². The van der Waals surface area contributed by atoms with Gasteiger partial charge in [-0.2, -0.15) is 0 Å². The molecule has 0 saturated heterocycles. The van der Waals surface area contributed by atoms with Crippen molar-refractivity contribution in [3.63, 3.8) is 0 Å². The summed E-state index contributed by atoms with van der Waals surface area (Å²) in [4.78, 5) is 56.1. The zero-order valence-corrected chi connectivity index (χ0v) is 64.8. The number of hydrogen-bond acceptors (Lipinski definition) is 11. The van der Waals surface area contributed by atoms with Crippen LogP contribution >= 0.6 is 0 Å².